The summed E-state index contributed by atoms with van der Waals surface area (Å²) < 4.78 is 0. The summed E-state index contributed by atoms with van der Waals surface area (Å²) in [7, 11) is 0. The second-order valence-electron chi connectivity index (χ2n) is 2.93. The summed E-state index contributed by atoms with van der Waals surface area (Å²) in [4.78, 5) is 21.5. The van der Waals surface area contributed by atoms with Crippen LogP contribution >= 0.6 is 23.5 Å². The van der Waals surface area contributed by atoms with Crippen LogP contribution in [0.2, 0.25) is 0 Å². The van der Waals surface area contributed by atoms with Crippen LogP contribution in [-0.4, -0.2) is 46.5 Å². The predicted octanol–water partition coefficient (Wildman–Crippen LogP) is 1.06. The first-order chi connectivity index (χ1) is 7.07. The highest BCUT2D eigenvalue weighted by Gasteiger charge is 2.09. The number of hydrogen-bond acceptors (Lipinski definition) is 4. The quantitative estimate of drug-likeness (QED) is 0.632. The van der Waals surface area contributed by atoms with E-state index in [-0.39, 0.29) is 17.6 Å². The molecule has 1 amide bonds. The van der Waals surface area contributed by atoms with Crippen molar-refractivity contribution in [2.24, 2.45) is 0 Å². The standard InChI is InChI=1S/C9H17NO3S2/c1-7(14-2)9(13)10-4-6-15-5-3-8(11)12/h7H,3-6H2,1-2H3,(H,10,13)(H,11,12). The molecule has 0 saturated heterocycles. The Morgan fingerprint density at radius 3 is 2.60 bits per heavy atom. The van der Waals surface area contributed by atoms with Gasteiger partial charge in [0, 0.05) is 18.1 Å². The lowest BCUT2D eigenvalue weighted by atomic mass is 10.4. The molecule has 0 spiro atoms. The molecule has 0 heterocycles. The fraction of sp³-hybridized carbons (Fsp3) is 0.778. The second kappa shape index (κ2) is 8.91. The second-order valence-corrected chi connectivity index (χ2v) is 5.33. The van der Waals surface area contributed by atoms with Gasteiger partial charge in [0.15, 0.2) is 0 Å². The molecule has 2 N–H and O–H groups in total. The number of carbonyl (C=O) groups is 2. The van der Waals surface area contributed by atoms with Crippen molar-refractivity contribution in [2.45, 2.75) is 18.6 Å². The van der Waals surface area contributed by atoms with Gasteiger partial charge in [-0.1, -0.05) is 0 Å². The average Bonchev–Trinajstić information content (AvgIpc) is 2.21. The van der Waals surface area contributed by atoms with Crippen molar-refractivity contribution in [1.82, 2.24) is 5.32 Å². The summed E-state index contributed by atoms with van der Waals surface area (Å²) in [5.41, 5.74) is 0. The fourth-order valence-electron chi connectivity index (χ4n) is 0.759. The summed E-state index contributed by atoms with van der Waals surface area (Å²) in [6.07, 6.45) is 2.08. The van der Waals surface area contributed by atoms with Crippen LogP contribution in [0.5, 0.6) is 0 Å². The number of nitrogens with one attached hydrogen (secondary N) is 1. The zero-order chi connectivity index (χ0) is 11.7. The van der Waals surface area contributed by atoms with Crippen LogP contribution in [0.15, 0.2) is 0 Å². The summed E-state index contributed by atoms with van der Waals surface area (Å²) >= 11 is 3.05. The van der Waals surface area contributed by atoms with Crippen molar-refractivity contribution in [3.63, 3.8) is 0 Å². The van der Waals surface area contributed by atoms with Gasteiger partial charge in [0.2, 0.25) is 5.91 Å². The topological polar surface area (TPSA) is 66.4 Å². The van der Waals surface area contributed by atoms with Crippen molar-refractivity contribution in [3.05, 3.63) is 0 Å². The molecule has 0 saturated carbocycles. The highest BCUT2D eigenvalue weighted by atomic mass is 32.2. The van der Waals surface area contributed by atoms with E-state index in [9.17, 15) is 9.59 Å². The number of hydrogen-bond donors (Lipinski definition) is 2. The number of carboxylic acid groups (broad SMARTS) is 1. The Kier molecular flexibility index (Phi) is 8.70. The van der Waals surface area contributed by atoms with Crippen LogP contribution in [-0.2, 0) is 9.59 Å². The molecule has 6 heteroatoms. The Bertz CT molecular complexity index is 212. The molecule has 0 rings (SSSR count). The summed E-state index contributed by atoms with van der Waals surface area (Å²) in [6.45, 7) is 2.46. The van der Waals surface area contributed by atoms with Gasteiger partial charge in [-0.2, -0.15) is 23.5 Å². The summed E-state index contributed by atoms with van der Waals surface area (Å²) in [5.74, 6) is 0.632. The zero-order valence-corrected chi connectivity index (χ0v) is 10.6. The van der Waals surface area contributed by atoms with Crippen molar-refractivity contribution in [3.8, 4) is 0 Å². The number of carbonyl (C=O) groups excluding carboxylic acids is 1. The zero-order valence-electron chi connectivity index (χ0n) is 8.99. The van der Waals surface area contributed by atoms with Gasteiger partial charge in [-0.3, -0.25) is 9.59 Å². The predicted molar refractivity (Wildman–Crippen MR) is 65.6 cm³/mol. The normalized spacial score (nSPS) is 12.1. The van der Waals surface area contributed by atoms with E-state index in [1.165, 1.54) is 11.8 Å². The average molecular weight is 251 g/mol. The Morgan fingerprint density at radius 2 is 2.07 bits per heavy atom. The Labute approximate surface area is 98.6 Å². The molecule has 0 fully saturated rings. The molecule has 0 aromatic carbocycles. The molecule has 0 radical (unpaired) electrons. The smallest absolute Gasteiger partial charge is 0.304 e. The maximum Gasteiger partial charge on any atom is 0.304 e. The minimum absolute atomic E-state index is 0.0194. The summed E-state index contributed by atoms with van der Waals surface area (Å²) in [5, 5.41) is 11.2. The molecule has 0 aliphatic carbocycles. The molecular formula is C9H17NO3S2. The van der Waals surface area contributed by atoms with E-state index in [1.807, 2.05) is 13.2 Å². The monoisotopic (exact) mass is 251 g/mol. The van der Waals surface area contributed by atoms with E-state index in [2.05, 4.69) is 5.32 Å². The van der Waals surface area contributed by atoms with Crippen LogP contribution < -0.4 is 5.32 Å². The Hall–Kier alpha value is -0.360. The molecule has 1 atom stereocenters. The maximum atomic E-state index is 11.3. The molecule has 15 heavy (non-hydrogen) atoms. The van der Waals surface area contributed by atoms with Crippen molar-refractivity contribution >= 4 is 35.4 Å². The maximum absolute atomic E-state index is 11.3. The summed E-state index contributed by atoms with van der Waals surface area (Å²) in [6, 6.07) is 0. The number of carboxylic acids is 1. The van der Waals surface area contributed by atoms with Gasteiger partial charge < -0.3 is 10.4 Å². The van der Waals surface area contributed by atoms with Gasteiger partial charge in [-0.25, -0.2) is 0 Å². The van der Waals surface area contributed by atoms with E-state index < -0.39 is 5.97 Å². The van der Waals surface area contributed by atoms with Crippen LogP contribution in [0.1, 0.15) is 13.3 Å². The van der Waals surface area contributed by atoms with Crippen LogP contribution in [0.3, 0.4) is 0 Å². The first-order valence-corrected chi connectivity index (χ1v) is 7.12. The Morgan fingerprint density at radius 1 is 1.40 bits per heavy atom. The highest BCUT2D eigenvalue weighted by Crippen LogP contribution is 2.05. The SMILES string of the molecule is CSC(C)C(=O)NCCSCCC(=O)O. The van der Waals surface area contributed by atoms with E-state index >= 15 is 0 Å². The first-order valence-electron chi connectivity index (χ1n) is 4.68. The molecule has 0 aliphatic rings. The number of aliphatic carboxylic acids is 1. The van der Waals surface area contributed by atoms with Gasteiger partial charge in [-0.15, -0.1) is 0 Å². The fourth-order valence-corrected chi connectivity index (χ4v) is 1.83. The first kappa shape index (κ1) is 14.6. The van der Waals surface area contributed by atoms with Gasteiger partial charge in [0.1, 0.15) is 0 Å². The third-order valence-electron chi connectivity index (χ3n) is 1.73. The highest BCUT2D eigenvalue weighted by molar-refractivity contribution is 8.00. The molecule has 0 aliphatic heterocycles. The third-order valence-corrected chi connectivity index (χ3v) is 3.64. The van der Waals surface area contributed by atoms with Crippen LogP contribution in [0, 0.1) is 0 Å². The largest absolute Gasteiger partial charge is 0.481 e. The van der Waals surface area contributed by atoms with Crippen molar-refractivity contribution < 1.29 is 14.7 Å². The molecule has 0 bridgehead atoms. The van der Waals surface area contributed by atoms with Gasteiger partial charge in [0.05, 0.1) is 11.7 Å². The molecular weight excluding hydrogens is 234 g/mol. The third kappa shape index (κ3) is 8.62. The lowest BCUT2D eigenvalue weighted by Crippen LogP contribution is -2.32. The van der Waals surface area contributed by atoms with Gasteiger partial charge >= 0.3 is 5.97 Å². The number of amides is 1. The van der Waals surface area contributed by atoms with E-state index in [0.717, 1.165) is 5.75 Å². The minimum Gasteiger partial charge on any atom is -0.481 e. The molecule has 1 unspecified atom stereocenters. The van der Waals surface area contributed by atoms with Crippen molar-refractivity contribution in [2.75, 3.05) is 24.3 Å². The van der Waals surface area contributed by atoms with Crippen LogP contribution in [0.25, 0.3) is 0 Å². The van der Waals surface area contributed by atoms with Gasteiger partial charge in [0.25, 0.3) is 0 Å². The van der Waals surface area contributed by atoms with Gasteiger partial charge in [-0.05, 0) is 13.2 Å². The van der Waals surface area contributed by atoms with Crippen molar-refractivity contribution in [1.29, 1.82) is 0 Å². The minimum atomic E-state index is -0.775. The number of rotatable bonds is 8. The molecule has 88 valence electrons. The van der Waals surface area contributed by atoms with E-state index in [4.69, 9.17) is 5.11 Å². The van der Waals surface area contributed by atoms with E-state index in [0.29, 0.717) is 12.3 Å². The lowest BCUT2D eigenvalue weighted by molar-refractivity contribution is -0.136. The molecule has 0 aromatic heterocycles. The lowest BCUT2D eigenvalue weighted by Gasteiger charge is -2.08. The molecule has 0 aromatic rings. The number of thioether (sulfide) groups is 2. The Balaban J connectivity index is 3.31. The van der Waals surface area contributed by atoms with Crippen LogP contribution in [0.4, 0.5) is 0 Å². The van der Waals surface area contributed by atoms with E-state index in [1.54, 1.807) is 11.8 Å². The molecule has 4 nitrogen and oxygen atoms in total.